The van der Waals surface area contributed by atoms with E-state index in [0.717, 1.165) is 11.3 Å². The summed E-state index contributed by atoms with van der Waals surface area (Å²) in [5.41, 5.74) is 2.63. The molecule has 124 valence electrons. The molecule has 24 heavy (non-hydrogen) atoms. The van der Waals surface area contributed by atoms with Crippen LogP contribution in [-0.2, 0) is 6.61 Å². The Morgan fingerprint density at radius 1 is 1.17 bits per heavy atom. The van der Waals surface area contributed by atoms with E-state index >= 15 is 0 Å². The van der Waals surface area contributed by atoms with Crippen molar-refractivity contribution in [3.05, 3.63) is 65.2 Å². The lowest BCUT2D eigenvalue weighted by atomic mass is 10.0. The van der Waals surface area contributed by atoms with Gasteiger partial charge in [0, 0.05) is 0 Å². The molecule has 0 bridgehead atoms. The van der Waals surface area contributed by atoms with Crippen LogP contribution in [0.3, 0.4) is 0 Å². The van der Waals surface area contributed by atoms with E-state index in [1.54, 1.807) is 18.2 Å². The third-order valence-corrected chi connectivity index (χ3v) is 3.68. The molecule has 2 aromatic carbocycles. The summed E-state index contributed by atoms with van der Waals surface area (Å²) in [6.07, 6.45) is 0. The van der Waals surface area contributed by atoms with Crippen molar-refractivity contribution in [3.8, 4) is 17.2 Å². The third-order valence-electron chi connectivity index (χ3n) is 3.68. The maximum Gasteiger partial charge on any atom is 0.261 e. The smallest absolute Gasteiger partial charge is 0.261 e. The first-order chi connectivity index (χ1) is 11.5. The normalized spacial score (nSPS) is 11.0. The van der Waals surface area contributed by atoms with Crippen LogP contribution in [0, 0.1) is 12.7 Å². The molecule has 0 saturated heterocycles. The van der Waals surface area contributed by atoms with Gasteiger partial charge in [-0.3, -0.25) is 0 Å². The predicted molar refractivity (Wildman–Crippen MR) is 89.3 cm³/mol. The van der Waals surface area contributed by atoms with Gasteiger partial charge >= 0.3 is 0 Å². The standard InChI is InChI=1S/C19H19FN2O2/c1-12(2)14-8-13(3)9-15(10-14)23-11-18-21-19(24-22-18)16-6-4-5-7-17(16)20/h4-10,12H,11H2,1-3H3. The van der Waals surface area contributed by atoms with Gasteiger partial charge in [0.05, 0.1) is 5.56 Å². The molecule has 0 aliphatic heterocycles. The number of aromatic nitrogens is 2. The van der Waals surface area contributed by atoms with Crippen LogP contribution >= 0.6 is 0 Å². The molecule has 1 heterocycles. The molecule has 0 N–H and O–H groups in total. The molecule has 1 aromatic heterocycles. The Balaban J connectivity index is 1.73. The van der Waals surface area contributed by atoms with Gasteiger partial charge in [0.2, 0.25) is 5.82 Å². The molecule has 0 atom stereocenters. The SMILES string of the molecule is Cc1cc(OCc2noc(-c3ccccc3F)n2)cc(C(C)C)c1. The minimum absolute atomic E-state index is 0.152. The van der Waals surface area contributed by atoms with Crippen LogP contribution in [0.25, 0.3) is 11.5 Å². The van der Waals surface area contributed by atoms with E-state index in [9.17, 15) is 4.39 Å². The van der Waals surface area contributed by atoms with E-state index in [0.29, 0.717) is 11.7 Å². The van der Waals surface area contributed by atoms with Crippen LogP contribution in [0.5, 0.6) is 5.75 Å². The molecule has 0 amide bonds. The van der Waals surface area contributed by atoms with Gasteiger partial charge in [-0.2, -0.15) is 4.98 Å². The fourth-order valence-electron chi connectivity index (χ4n) is 2.40. The van der Waals surface area contributed by atoms with Crippen molar-refractivity contribution in [3.63, 3.8) is 0 Å². The van der Waals surface area contributed by atoms with Crippen molar-refractivity contribution >= 4 is 0 Å². The summed E-state index contributed by atoms with van der Waals surface area (Å²) in [6, 6.07) is 12.4. The van der Waals surface area contributed by atoms with Gasteiger partial charge in [0.25, 0.3) is 5.89 Å². The summed E-state index contributed by atoms with van der Waals surface area (Å²) in [7, 11) is 0. The molecule has 0 radical (unpaired) electrons. The molecule has 0 spiro atoms. The van der Waals surface area contributed by atoms with Crippen LogP contribution in [0.15, 0.2) is 47.0 Å². The van der Waals surface area contributed by atoms with Crippen molar-refractivity contribution in [2.45, 2.75) is 33.3 Å². The Morgan fingerprint density at radius 3 is 2.71 bits per heavy atom. The van der Waals surface area contributed by atoms with E-state index in [1.807, 2.05) is 19.1 Å². The van der Waals surface area contributed by atoms with Crippen LogP contribution in [0.4, 0.5) is 4.39 Å². The molecule has 4 nitrogen and oxygen atoms in total. The first-order valence-electron chi connectivity index (χ1n) is 7.85. The molecular weight excluding hydrogens is 307 g/mol. The quantitative estimate of drug-likeness (QED) is 0.670. The van der Waals surface area contributed by atoms with Gasteiger partial charge in [-0.1, -0.05) is 37.2 Å². The Labute approximate surface area is 140 Å². The molecule has 5 heteroatoms. The summed E-state index contributed by atoms with van der Waals surface area (Å²) >= 11 is 0. The number of nitrogens with zero attached hydrogens (tertiary/aromatic N) is 2. The number of aryl methyl sites for hydroxylation is 1. The summed E-state index contributed by atoms with van der Waals surface area (Å²) in [4.78, 5) is 4.19. The summed E-state index contributed by atoms with van der Waals surface area (Å²) in [5, 5.41) is 3.85. The highest BCUT2D eigenvalue weighted by atomic mass is 19.1. The molecule has 3 aromatic rings. The molecule has 0 fully saturated rings. The largest absolute Gasteiger partial charge is 0.485 e. The zero-order valence-corrected chi connectivity index (χ0v) is 13.9. The molecule has 0 aliphatic carbocycles. The number of hydrogen-bond donors (Lipinski definition) is 0. The average Bonchev–Trinajstić information content (AvgIpc) is 3.01. The van der Waals surface area contributed by atoms with Crippen molar-refractivity contribution in [1.82, 2.24) is 10.1 Å². The van der Waals surface area contributed by atoms with Gasteiger partial charge in [-0.15, -0.1) is 0 Å². The Morgan fingerprint density at radius 2 is 1.96 bits per heavy atom. The van der Waals surface area contributed by atoms with Crippen molar-refractivity contribution in [1.29, 1.82) is 0 Å². The topological polar surface area (TPSA) is 48.2 Å². The van der Waals surface area contributed by atoms with E-state index in [1.165, 1.54) is 11.6 Å². The monoisotopic (exact) mass is 326 g/mol. The minimum atomic E-state index is -0.395. The van der Waals surface area contributed by atoms with Crippen LogP contribution in [0.1, 0.15) is 36.7 Å². The van der Waals surface area contributed by atoms with Crippen molar-refractivity contribution < 1.29 is 13.7 Å². The number of hydrogen-bond acceptors (Lipinski definition) is 4. The van der Waals surface area contributed by atoms with Crippen molar-refractivity contribution in [2.24, 2.45) is 0 Å². The summed E-state index contributed by atoms with van der Waals surface area (Å²) in [5.74, 6) is 1.31. The number of ether oxygens (including phenoxy) is 1. The fraction of sp³-hybridized carbons (Fsp3) is 0.263. The molecule has 0 saturated carbocycles. The van der Waals surface area contributed by atoms with Gasteiger partial charge in [-0.25, -0.2) is 4.39 Å². The Hall–Kier alpha value is -2.69. The molecule has 3 rings (SSSR count). The zero-order chi connectivity index (χ0) is 17.1. The lowest BCUT2D eigenvalue weighted by molar-refractivity contribution is 0.286. The lowest BCUT2D eigenvalue weighted by Crippen LogP contribution is -1.99. The highest BCUT2D eigenvalue weighted by molar-refractivity contribution is 5.53. The fourth-order valence-corrected chi connectivity index (χ4v) is 2.40. The second kappa shape index (κ2) is 6.83. The highest BCUT2D eigenvalue weighted by Crippen LogP contribution is 2.24. The first-order valence-corrected chi connectivity index (χ1v) is 7.85. The van der Waals surface area contributed by atoms with Gasteiger partial charge in [-0.05, 0) is 48.2 Å². The van der Waals surface area contributed by atoms with Gasteiger partial charge in [0.15, 0.2) is 6.61 Å². The van der Waals surface area contributed by atoms with E-state index < -0.39 is 5.82 Å². The van der Waals surface area contributed by atoms with Crippen LogP contribution in [-0.4, -0.2) is 10.1 Å². The van der Waals surface area contributed by atoms with E-state index in [-0.39, 0.29) is 18.1 Å². The van der Waals surface area contributed by atoms with Crippen LogP contribution < -0.4 is 4.74 Å². The second-order valence-corrected chi connectivity index (χ2v) is 6.02. The number of rotatable bonds is 5. The van der Waals surface area contributed by atoms with Crippen LogP contribution in [0.2, 0.25) is 0 Å². The molecule has 0 unspecified atom stereocenters. The molecule has 0 aliphatic rings. The minimum Gasteiger partial charge on any atom is -0.485 e. The van der Waals surface area contributed by atoms with Crippen molar-refractivity contribution in [2.75, 3.05) is 0 Å². The lowest BCUT2D eigenvalue weighted by Gasteiger charge is -2.10. The Kier molecular flexibility index (Phi) is 4.60. The summed E-state index contributed by atoms with van der Waals surface area (Å²) in [6.45, 7) is 6.47. The molecular formula is C19H19FN2O2. The number of halogens is 1. The maximum absolute atomic E-state index is 13.7. The average molecular weight is 326 g/mol. The van der Waals surface area contributed by atoms with Gasteiger partial charge in [0.1, 0.15) is 11.6 Å². The first kappa shape index (κ1) is 16.2. The van der Waals surface area contributed by atoms with E-state index in [2.05, 4.69) is 30.1 Å². The second-order valence-electron chi connectivity index (χ2n) is 6.02. The summed E-state index contributed by atoms with van der Waals surface area (Å²) < 4.78 is 24.6. The zero-order valence-electron chi connectivity index (χ0n) is 13.9. The number of benzene rings is 2. The Bertz CT molecular complexity index is 843. The maximum atomic E-state index is 13.7. The highest BCUT2D eigenvalue weighted by Gasteiger charge is 2.13. The predicted octanol–water partition coefficient (Wildman–Crippen LogP) is 4.89. The van der Waals surface area contributed by atoms with Gasteiger partial charge < -0.3 is 9.26 Å². The third kappa shape index (κ3) is 3.62. The van der Waals surface area contributed by atoms with E-state index in [4.69, 9.17) is 9.26 Å².